The zero-order valence-electron chi connectivity index (χ0n) is 19.6. The second-order valence-electron chi connectivity index (χ2n) is 7.70. The van der Waals surface area contributed by atoms with Crippen molar-refractivity contribution in [2.24, 2.45) is 0 Å². The first kappa shape index (κ1) is 26.0. The van der Waals surface area contributed by atoms with E-state index in [1.165, 1.54) is 0 Å². The van der Waals surface area contributed by atoms with Crippen molar-refractivity contribution in [1.82, 2.24) is 0 Å². The lowest BCUT2D eigenvalue weighted by Gasteiger charge is -2.09. The van der Waals surface area contributed by atoms with Gasteiger partial charge in [-0.1, -0.05) is 46.1 Å². The van der Waals surface area contributed by atoms with Crippen molar-refractivity contribution in [2.75, 3.05) is 13.2 Å². The van der Waals surface area contributed by atoms with Gasteiger partial charge in [-0.05, 0) is 61.4 Å². The molecule has 33 heavy (non-hydrogen) atoms. The van der Waals surface area contributed by atoms with E-state index in [0.29, 0.717) is 30.5 Å². The summed E-state index contributed by atoms with van der Waals surface area (Å²) >= 11 is 0. The summed E-state index contributed by atoms with van der Waals surface area (Å²) in [7, 11) is 0. The molecular weight excluding hydrogens is 420 g/mol. The molecule has 0 bridgehead atoms. The van der Waals surface area contributed by atoms with Gasteiger partial charge in [0.1, 0.15) is 23.0 Å². The van der Waals surface area contributed by atoms with E-state index in [2.05, 4.69) is 20.4 Å². The number of hydrogen-bond donors (Lipinski definition) is 0. The van der Waals surface area contributed by atoms with Gasteiger partial charge in [-0.2, -0.15) is 0 Å². The van der Waals surface area contributed by atoms with Gasteiger partial charge < -0.3 is 18.9 Å². The maximum absolute atomic E-state index is 12.2. The predicted molar refractivity (Wildman–Crippen MR) is 128 cm³/mol. The highest BCUT2D eigenvalue weighted by Gasteiger charge is 2.16. The highest BCUT2D eigenvalue weighted by Crippen LogP contribution is 2.21. The zero-order chi connectivity index (χ0) is 23.9. The third-order valence-corrected chi connectivity index (χ3v) is 4.77. The minimum absolute atomic E-state index is 0.00997. The summed E-state index contributed by atoms with van der Waals surface area (Å²) in [5.41, 5.74) is 0.00997. The third kappa shape index (κ3) is 10.3. The van der Waals surface area contributed by atoms with Gasteiger partial charge in [-0.3, -0.25) is 4.79 Å². The Morgan fingerprint density at radius 2 is 1.09 bits per heavy atom. The van der Waals surface area contributed by atoms with Crippen molar-refractivity contribution in [3.05, 3.63) is 60.7 Å². The molecule has 0 N–H and O–H groups in total. The van der Waals surface area contributed by atoms with Crippen LogP contribution in [-0.2, 0) is 9.59 Å². The van der Waals surface area contributed by atoms with Crippen LogP contribution in [0.25, 0.3) is 0 Å². The van der Waals surface area contributed by atoms with Gasteiger partial charge in [0.15, 0.2) is 0 Å². The molecule has 0 radical (unpaired) electrons. The Kier molecular flexibility index (Phi) is 11.6. The lowest BCUT2D eigenvalue weighted by Crippen LogP contribution is -2.16. The molecule has 0 aliphatic rings. The molecule has 0 saturated carbocycles. The first-order valence-corrected chi connectivity index (χ1v) is 11.6. The van der Waals surface area contributed by atoms with Crippen molar-refractivity contribution >= 4 is 11.9 Å². The van der Waals surface area contributed by atoms with Crippen LogP contribution >= 0.6 is 0 Å². The molecule has 0 amide bonds. The molecule has 0 aromatic heterocycles. The summed E-state index contributed by atoms with van der Waals surface area (Å²) < 4.78 is 21.8. The molecule has 0 aliphatic heterocycles. The van der Waals surface area contributed by atoms with Gasteiger partial charge in [-0.15, -0.1) is 0 Å². The van der Waals surface area contributed by atoms with Gasteiger partial charge in [0.2, 0.25) is 0 Å². The van der Waals surface area contributed by atoms with Gasteiger partial charge >= 0.3 is 11.9 Å². The maximum atomic E-state index is 12.2. The van der Waals surface area contributed by atoms with Crippen LogP contribution in [0.3, 0.4) is 0 Å². The van der Waals surface area contributed by atoms with E-state index >= 15 is 0 Å². The van der Waals surface area contributed by atoms with Crippen LogP contribution in [0.1, 0.15) is 58.8 Å². The average Bonchev–Trinajstić information content (AvgIpc) is 2.81. The van der Waals surface area contributed by atoms with E-state index in [-0.39, 0.29) is 12.0 Å². The van der Waals surface area contributed by atoms with Crippen LogP contribution in [0, 0.1) is 0 Å². The summed E-state index contributed by atoms with van der Waals surface area (Å²) in [6.45, 7) is 9.24. The fourth-order valence-corrected chi connectivity index (χ4v) is 2.89. The molecule has 2 aromatic carbocycles. The Morgan fingerprint density at radius 1 is 0.667 bits per heavy atom. The Balaban J connectivity index is 1.74. The monoisotopic (exact) mass is 454 g/mol. The first-order chi connectivity index (χ1) is 16.0. The Bertz CT molecular complexity index is 870. The topological polar surface area (TPSA) is 71.1 Å². The second-order valence-corrected chi connectivity index (χ2v) is 7.70. The predicted octanol–water partition coefficient (Wildman–Crippen LogP) is 6.28. The van der Waals surface area contributed by atoms with Crippen LogP contribution in [0.15, 0.2) is 60.7 Å². The Morgan fingerprint density at radius 3 is 1.55 bits per heavy atom. The number of benzene rings is 2. The van der Waals surface area contributed by atoms with Crippen LogP contribution in [-0.4, -0.2) is 25.2 Å². The quantitative estimate of drug-likeness (QED) is 0.136. The smallest absolute Gasteiger partial charge is 0.339 e. The SMILES string of the molecule is C=C(CC(=O)Oc1ccc(OCCCCC)cc1)C(=O)Oc1ccc(OCCCCC)cc1. The van der Waals surface area contributed by atoms with Crippen LogP contribution in [0.4, 0.5) is 0 Å². The van der Waals surface area contributed by atoms with Crippen molar-refractivity contribution in [3.8, 4) is 23.0 Å². The molecule has 0 saturated heterocycles. The van der Waals surface area contributed by atoms with Gasteiger partial charge in [0.25, 0.3) is 0 Å². The fraction of sp³-hybridized carbons (Fsp3) is 0.407. The normalized spacial score (nSPS) is 10.4. The molecule has 6 heteroatoms. The standard InChI is InChI=1S/C27H34O6/c1-4-6-8-18-30-22-10-14-24(15-11-22)32-26(28)20-21(3)27(29)33-25-16-12-23(13-17-25)31-19-9-7-5-2/h10-17H,3-9,18-20H2,1-2H3. The third-order valence-electron chi connectivity index (χ3n) is 4.77. The van der Waals surface area contributed by atoms with Crippen LogP contribution in [0.2, 0.25) is 0 Å². The van der Waals surface area contributed by atoms with Gasteiger partial charge in [0.05, 0.1) is 19.6 Å². The molecule has 0 aliphatic carbocycles. The van der Waals surface area contributed by atoms with E-state index in [1.54, 1.807) is 48.5 Å². The molecule has 0 atom stereocenters. The molecule has 0 heterocycles. The number of carbonyl (C=O) groups excluding carboxylic acids is 2. The number of ether oxygens (including phenoxy) is 4. The molecular formula is C27H34O6. The van der Waals surface area contributed by atoms with Gasteiger partial charge in [-0.25, -0.2) is 4.79 Å². The Hall–Kier alpha value is -3.28. The zero-order valence-corrected chi connectivity index (χ0v) is 19.6. The maximum Gasteiger partial charge on any atom is 0.339 e. The summed E-state index contributed by atoms with van der Waals surface area (Å²) in [5, 5.41) is 0. The van der Waals surface area contributed by atoms with E-state index < -0.39 is 11.9 Å². The number of hydrogen-bond acceptors (Lipinski definition) is 6. The van der Waals surface area contributed by atoms with Crippen molar-refractivity contribution < 1.29 is 28.5 Å². The molecule has 2 aromatic rings. The number of unbranched alkanes of at least 4 members (excludes halogenated alkanes) is 4. The van der Waals surface area contributed by atoms with E-state index in [9.17, 15) is 9.59 Å². The molecule has 178 valence electrons. The highest BCUT2D eigenvalue weighted by molar-refractivity contribution is 5.94. The summed E-state index contributed by atoms with van der Waals surface area (Å²) in [5.74, 6) is 0.882. The molecule has 0 unspecified atom stereocenters. The lowest BCUT2D eigenvalue weighted by atomic mass is 10.2. The first-order valence-electron chi connectivity index (χ1n) is 11.6. The molecule has 0 fully saturated rings. The molecule has 0 spiro atoms. The lowest BCUT2D eigenvalue weighted by molar-refractivity contribution is -0.136. The number of rotatable bonds is 15. The minimum Gasteiger partial charge on any atom is -0.494 e. The highest BCUT2D eigenvalue weighted by atomic mass is 16.5. The van der Waals surface area contributed by atoms with Crippen molar-refractivity contribution in [2.45, 2.75) is 58.8 Å². The summed E-state index contributed by atoms with van der Waals surface area (Å²) in [6.07, 6.45) is 6.25. The molecule has 6 nitrogen and oxygen atoms in total. The Labute approximate surface area is 196 Å². The number of esters is 2. The van der Waals surface area contributed by atoms with Gasteiger partial charge in [0, 0.05) is 5.57 Å². The summed E-state index contributed by atoms with van der Waals surface area (Å²) in [6, 6.07) is 13.6. The van der Waals surface area contributed by atoms with Crippen molar-refractivity contribution in [3.63, 3.8) is 0 Å². The number of carbonyl (C=O) groups is 2. The van der Waals surface area contributed by atoms with E-state index in [1.807, 2.05) is 0 Å². The van der Waals surface area contributed by atoms with E-state index in [4.69, 9.17) is 18.9 Å². The van der Waals surface area contributed by atoms with Crippen LogP contribution < -0.4 is 18.9 Å². The fourth-order valence-electron chi connectivity index (χ4n) is 2.89. The van der Waals surface area contributed by atoms with Crippen molar-refractivity contribution in [1.29, 1.82) is 0 Å². The average molecular weight is 455 g/mol. The summed E-state index contributed by atoms with van der Waals surface area (Å²) in [4.78, 5) is 24.4. The second kappa shape index (κ2) is 14.7. The van der Waals surface area contributed by atoms with E-state index in [0.717, 1.165) is 44.3 Å². The minimum atomic E-state index is -0.681. The molecule has 2 rings (SSSR count). The van der Waals surface area contributed by atoms with Crippen LogP contribution in [0.5, 0.6) is 23.0 Å². The largest absolute Gasteiger partial charge is 0.494 e.